The predicted octanol–water partition coefficient (Wildman–Crippen LogP) is 5.09. The van der Waals surface area contributed by atoms with Gasteiger partial charge in [0.05, 0.1) is 23.9 Å². The molecule has 0 atom stereocenters. The minimum Gasteiger partial charge on any atom is -0.492 e. The molecule has 0 bridgehead atoms. The quantitative estimate of drug-likeness (QED) is 0.324. The molecule has 0 aliphatic heterocycles. The van der Waals surface area contributed by atoms with Crippen molar-refractivity contribution >= 4 is 34.0 Å². The van der Waals surface area contributed by atoms with Crippen molar-refractivity contribution in [3.05, 3.63) is 89.7 Å². The van der Waals surface area contributed by atoms with Gasteiger partial charge < -0.3 is 20.2 Å². The number of Topliss-reactive ketones (excluding diaryl/α,β-unsaturated/α-hetero) is 1. The van der Waals surface area contributed by atoms with E-state index < -0.39 is 0 Å². The fourth-order valence-electron chi connectivity index (χ4n) is 3.41. The van der Waals surface area contributed by atoms with E-state index in [-0.39, 0.29) is 23.9 Å². The van der Waals surface area contributed by atoms with Crippen LogP contribution in [0.2, 0.25) is 0 Å². The molecule has 1 amide bonds. The smallest absolute Gasteiger partial charge is 0.255 e. The molecule has 31 heavy (non-hydrogen) atoms. The maximum atomic E-state index is 12.7. The molecule has 0 aliphatic carbocycles. The number of nitrogens with two attached hydrogens (primary N) is 1. The third-order valence-corrected chi connectivity index (χ3v) is 5.07. The summed E-state index contributed by atoms with van der Waals surface area (Å²) in [6, 6.07) is 21.6. The van der Waals surface area contributed by atoms with Gasteiger partial charge in [-0.3, -0.25) is 9.59 Å². The molecule has 3 N–H and O–H groups in total. The van der Waals surface area contributed by atoms with Crippen molar-refractivity contribution in [1.29, 1.82) is 0 Å². The van der Waals surface area contributed by atoms with Gasteiger partial charge in [-0.05, 0) is 48.4 Å². The second kappa shape index (κ2) is 8.75. The number of amides is 1. The number of hydrogen-bond acceptors (Lipinski definition) is 5. The molecule has 6 heteroatoms. The van der Waals surface area contributed by atoms with Crippen molar-refractivity contribution in [1.82, 2.24) is 0 Å². The van der Waals surface area contributed by atoms with E-state index in [4.69, 9.17) is 14.9 Å². The molecule has 0 fully saturated rings. The lowest BCUT2D eigenvalue weighted by atomic mass is 10.0. The summed E-state index contributed by atoms with van der Waals surface area (Å²) in [6.07, 6.45) is 0.787. The number of rotatable bonds is 7. The van der Waals surface area contributed by atoms with Gasteiger partial charge in [-0.25, -0.2) is 0 Å². The molecule has 1 heterocycles. The van der Waals surface area contributed by atoms with Gasteiger partial charge in [0.25, 0.3) is 5.91 Å². The minimum atomic E-state index is -0.243. The summed E-state index contributed by atoms with van der Waals surface area (Å²) >= 11 is 0. The zero-order chi connectivity index (χ0) is 21.8. The summed E-state index contributed by atoms with van der Waals surface area (Å²) in [4.78, 5) is 25.2. The summed E-state index contributed by atoms with van der Waals surface area (Å²) in [6.45, 7) is 0. The third kappa shape index (κ3) is 4.28. The van der Waals surface area contributed by atoms with E-state index >= 15 is 0 Å². The van der Waals surface area contributed by atoms with Crippen molar-refractivity contribution in [2.45, 2.75) is 12.8 Å². The van der Waals surface area contributed by atoms with Crippen LogP contribution >= 0.6 is 0 Å². The van der Waals surface area contributed by atoms with Crippen molar-refractivity contribution in [2.75, 3.05) is 18.2 Å². The number of carbonyl (C=O) groups excluding carboxylic acids is 2. The zero-order valence-corrected chi connectivity index (χ0v) is 17.1. The Kier molecular flexibility index (Phi) is 5.71. The maximum absolute atomic E-state index is 12.7. The first kappa shape index (κ1) is 20.2. The van der Waals surface area contributed by atoms with Crippen LogP contribution in [-0.4, -0.2) is 18.8 Å². The second-order valence-electron chi connectivity index (χ2n) is 7.12. The summed E-state index contributed by atoms with van der Waals surface area (Å²) in [5, 5.41) is 3.58. The van der Waals surface area contributed by atoms with Gasteiger partial charge in [0, 0.05) is 12.0 Å². The molecule has 1 aromatic heterocycles. The molecule has 0 aliphatic rings. The molecule has 0 saturated carbocycles. The number of aryl methyl sites for hydroxylation is 1. The van der Waals surface area contributed by atoms with Crippen LogP contribution in [0.3, 0.4) is 0 Å². The van der Waals surface area contributed by atoms with Crippen LogP contribution in [0.4, 0.5) is 11.4 Å². The number of anilines is 2. The number of methoxy groups -OCH3 is 1. The van der Waals surface area contributed by atoms with Crippen molar-refractivity contribution in [3.63, 3.8) is 0 Å². The van der Waals surface area contributed by atoms with Gasteiger partial charge in [0.15, 0.2) is 5.75 Å². The van der Waals surface area contributed by atoms with Crippen LogP contribution < -0.4 is 15.8 Å². The first-order valence-corrected chi connectivity index (χ1v) is 9.90. The average Bonchev–Trinajstić information content (AvgIpc) is 3.18. The second-order valence-corrected chi connectivity index (χ2v) is 7.12. The number of nitrogens with one attached hydrogen (secondary N) is 1. The highest BCUT2D eigenvalue weighted by Crippen LogP contribution is 2.33. The molecule has 3 aromatic carbocycles. The maximum Gasteiger partial charge on any atom is 0.255 e. The van der Waals surface area contributed by atoms with Crippen LogP contribution in [-0.2, 0) is 6.42 Å². The Hall–Kier alpha value is -4.06. The zero-order valence-electron chi connectivity index (χ0n) is 17.1. The van der Waals surface area contributed by atoms with E-state index in [2.05, 4.69) is 5.32 Å². The molecule has 6 nitrogen and oxygen atoms in total. The number of ether oxygens (including phenoxy) is 1. The summed E-state index contributed by atoms with van der Waals surface area (Å²) in [7, 11) is 1.53. The number of furan rings is 1. The standard InChI is InChI=1S/C25H22N2O4/c1-30-23-18-6-2-5-9-22(18)31-24(23)21(28)15-12-16-10-13-17(14-11-16)25(29)27-20-8-4-3-7-19(20)26/h2-11,13-14H,12,15,26H2,1H3,(H,27,29). The fourth-order valence-corrected chi connectivity index (χ4v) is 3.41. The lowest BCUT2D eigenvalue weighted by molar-refractivity contribution is 0.0953. The largest absolute Gasteiger partial charge is 0.492 e. The molecule has 0 unspecified atom stereocenters. The Morgan fingerprint density at radius 2 is 1.68 bits per heavy atom. The molecule has 0 radical (unpaired) electrons. The van der Waals surface area contributed by atoms with Crippen LogP contribution in [0.1, 0.15) is 32.9 Å². The molecular formula is C25H22N2O4. The van der Waals surface area contributed by atoms with Gasteiger partial charge in [-0.15, -0.1) is 0 Å². The summed E-state index contributed by atoms with van der Waals surface area (Å²) in [5.41, 5.74) is 9.02. The number of nitrogen functional groups attached to an aromatic ring is 1. The van der Waals surface area contributed by atoms with Crippen molar-refractivity contribution in [2.24, 2.45) is 0 Å². The molecule has 0 saturated heterocycles. The fraction of sp³-hybridized carbons (Fsp3) is 0.120. The van der Waals surface area contributed by atoms with Crippen LogP contribution in [0, 0.1) is 0 Å². The minimum absolute atomic E-state index is 0.130. The molecule has 4 aromatic rings. The normalized spacial score (nSPS) is 10.7. The summed E-state index contributed by atoms with van der Waals surface area (Å²) < 4.78 is 11.1. The highest BCUT2D eigenvalue weighted by Gasteiger charge is 2.21. The van der Waals surface area contributed by atoms with E-state index in [9.17, 15) is 9.59 Å². The average molecular weight is 414 g/mol. The van der Waals surface area contributed by atoms with Crippen LogP contribution in [0.5, 0.6) is 5.75 Å². The Morgan fingerprint density at radius 1 is 0.968 bits per heavy atom. The van der Waals surface area contributed by atoms with Crippen LogP contribution in [0.25, 0.3) is 11.0 Å². The van der Waals surface area contributed by atoms with Crippen LogP contribution in [0.15, 0.2) is 77.2 Å². The van der Waals surface area contributed by atoms with E-state index in [0.29, 0.717) is 34.7 Å². The van der Waals surface area contributed by atoms with E-state index in [1.54, 1.807) is 24.3 Å². The predicted molar refractivity (Wildman–Crippen MR) is 121 cm³/mol. The Bertz CT molecular complexity index is 1240. The summed E-state index contributed by atoms with van der Waals surface area (Å²) in [5.74, 6) is 0.329. The number of ketones is 1. The molecule has 4 rings (SSSR count). The molecule has 156 valence electrons. The van der Waals surface area contributed by atoms with Gasteiger partial charge >= 0.3 is 0 Å². The lowest BCUT2D eigenvalue weighted by Crippen LogP contribution is -2.13. The van der Waals surface area contributed by atoms with E-state index in [0.717, 1.165) is 10.9 Å². The van der Waals surface area contributed by atoms with E-state index in [1.807, 2.05) is 48.5 Å². The van der Waals surface area contributed by atoms with Crippen molar-refractivity contribution in [3.8, 4) is 5.75 Å². The van der Waals surface area contributed by atoms with Gasteiger partial charge in [0.1, 0.15) is 5.58 Å². The first-order valence-electron chi connectivity index (χ1n) is 9.90. The number of fused-ring (bicyclic) bond motifs is 1. The van der Waals surface area contributed by atoms with Crippen molar-refractivity contribution < 1.29 is 18.7 Å². The van der Waals surface area contributed by atoms with Gasteiger partial charge in [0.2, 0.25) is 11.5 Å². The Labute approximate surface area is 179 Å². The first-order chi connectivity index (χ1) is 15.1. The number of hydrogen-bond donors (Lipinski definition) is 2. The SMILES string of the molecule is COc1c(C(=O)CCc2ccc(C(=O)Nc3ccccc3N)cc2)oc2ccccc12. The number of carbonyl (C=O) groups is 2. The topological polar surface area (TPSA) is 94.6 Å². The highest BCUT2D eigenvalue weighted by molar-refractivity contribution is 6.06. The third-order valence-electron chi connectivity index (χ3n) is 5.07. The molecular weight excluding hydrogens is 392 g/mol. The monoisotopic (exact) mass is 414 g/mol. The van der Waals surface area contributed by atoms with Gasteiger partial charge in [-0.1, -0.05) is 36.4 Å². The van der Waals surface area contributed by atoms with E-state index in [1.165, 1.54) is 7.11 Å². The lowest BCUT2D eigenvalue weighted by Gasteiger charge is -2.08. The Morgan fingerprint density at radius 3 is 2.42 bits per heavy atom. The highest BCUT2D eigenvalue weighted by atomic mass is 16.5. The Balaban J connectivity index is 1.41. The number of benzene rings is 3. The van der Waals surface area contributed by atoms with Gasteiger partial charge in [-0.2, -0.15) is 0 Å². The number of para-hydroxylation sites is 3. The molecule has 0 spiro atoms.